The third-order valence-corrected chi connectivity index (χ3v) is 5.72. The maximum absolute atomic E-state index is 12.5. The van der Waals surface area contributed by atoms with Gasteiger partial charge in [-0.05, 0) is 38.1 Å². The Bertz CT molecular complexity index is 830. The molecule has 1 N–H and O–H groups in total. The van der Waals surface area contributed by atoms with Crippen molar-refractivity contribution in [3.8, 4) is 0 Å². The molecule has 1 saturated heterocycles. The quantitative estimate of drug-likeness (QED) is 0.340. The predicted molar refractivity (Wildman–Crippen MR) is 119 cm³/mol. The largest absolute Gasteiger partial charge is 0.519 e. The zero-order valence-corrected chi connectivity index (χ0v) is 20.1. The third kappa shape index (κ3) is 10.0. The fourth-order valence-electron chi connectivity index (χ4n) is 2.87. The minimum atomic E-state index is -0.995. The van der Waals surface area contributed by atoms with E-state index in [9.17, 15) is 19.2 Å². The van der Waals surface area contributed by atoms with Crippen LogP contribution in [-0.4, -0.2) is 73.3 Å². The van der Waals surface area contributed by atoms with Gasteiger partial charge in [0.25, 0.3) is 0 Å². The van der Waals surface area contributed by atoms with E-state index in [1.54, 1.807) is 13.8 Å². The van der Waals surface area contributed by atoms with Gasteiger partial charge >= 0.3 is 17.1 Å². The van der Waals surface area contributed by atoms with E-state index in [0.29, 0.717) is 18.2 Å². The maximum Gasteiger partial charge on any atom is 0.519 e. The number of nitrogens with zero attached hydrogens (tertiary/aromatic N) is 1. The molecular weight excluding hydrogens is 456 g/mol. The topological polar surface area (TPSA) is 138 Å². The molecule has 12 heteroatoms. The van der Waals surface area contributed by atoms with Gasteiger partial charge in [-0.3, -0.25) is 9.69 Å². The summed E-state index contributed by atoms with van der Waals surface area (Å²) in [5.41, 5.74) is 0. The van der Waals surface area contributed by atoms with Crippen molar-refractivity contribution >= 4 is 28.9 Å². The van der Waals surface area contributed by atoms with E-state index in [-0.39, 0.29) is 42.3 Å². The zero-order chi connectivity index (χ0) is 24.2. The summed E-state index contributed by atoms with van der Waals surface area (Å²) in [6.07, 6.45) is 1.57. The zero-order valence-electron chi connectivity index (χ0n) is 19.3. The summed E-state index contributed by atoms with van der Waals surface area (Å²) in [6.45, 7) is 9.06. The molecule has 0 aliphatic carbocycles. The molecule has 33 heavy (non-hydrogen) atoms. The number of amides is 1. The Balaban J connectivity index is 1.75. The second-order valence-corrected chi connectivity index (χ2v) is 8.78. The molecule has 2 rings (SSSR count). The summed E-state index contributed by atoms with van der Waals surface area (Å²) in [7, 11) is 0. The molecule has 1 aliphatic rings. The van der Waals surface area contributed by atoms with E-state index < -0.39 is 23.1 Å². The summed E-state index contributed by atoms with van der Waals surface area (Å²) in [6, 6.07) is -0.995. The maximum atomic E-state index is 12.5. The number of morpholine rings is 1. The smallest absolute Gasteiger partial charge is 0.464 e. The molecule has 0 unspecified atom stereocenters. The Hall–Kier alpha value is -2.31. The molecule has 0 saturated carbocycles. The van der Waals surface area contributed by atoms with Crippen LogP contribution >= 0.6 is 11.8 Å². The van der Waals surface area contributed by atoms with Crippen molar-refractivity contribution in [2.45, 2.75) is 46.3 Å². The van der Waals surface area contributed by atoms with Crippen LogP contribution in [0.25, 0.3) is 0 Å². The number of unbranched alkanes of at least 4 members (excludes halogenated alkanes) is 1. The van der Waals surface area contributed by atoms with Gasteiger partial charge in [-0.2, -0.15) is 0 Å². The van der Waals surface area contributed by atoms with Crippen LogP contribution in [0.4, 0.5) is 4.79 Å². The molecule has 1 aliphatic heterocycles. The number of thioether (sulfide) groups is 1. The summed E-state index contributed by atoms with van der Waals surface area (Å²) in [4.78, 5) is 50.0. The van der Waals surface area contributed by atoms with Crippen molar-refractivity contribution < 1.29 is 37.4 Å². The molecule has 1 amide bonds. The SMILES string of the molecule is Cc1oc(=O)oc1COC(=O)SC[C@H](NC(=O)C(C)C)C(=O)OCCCCN1CCOCC1. The van der Waals surface area contributed by atoms with Crippen LogP contribution < -0.4 is 11.1 Å². The van der Waals surface area contributed by atoms with Gasteiger partial charge in [0.2, 0.25) is 5.91 Å². The monoisotopic (exact) mass is 488 g/mol. The van der Waals surface area contributed by atoms with Gasteiger partial charge in [-0.1, -0.05) is 13.8 Å². The molecule has 1 atom stereocenters. The van der Waals surface area contributed by atoms with E-state index >= 15 is 0 Å². The van der Waals surface area contributed by atoms with Crippen LogP contribution in [-0.2, 0) is 30.4 Å². The summed E-state index contributed by atoms with van der Waals surface area (Å²) in [5.74, 6) is -1.88. The lowest BCUT2D eigenvalue weighted by Gasteiger charge is -2.26. The molecule has 1 aromatic heterocycles. The highest BCUT2D eigenvalue weighted by molar-refractivity contribution is 8.13. The normalized spacial score (nSPS) is 15.3. The van der Waals surface area contributed by atoms with E-state index in [1.165, 1.54) is 6.92 Å². The van der Waals surface area contributed by atoms with Gasteiger partial charge < -0.3 is 28.4 Å². The first-order chi connectivity index (χ1) is 15.8. The lowest BCUT2D eigenvalue weighted by Crippen LogP contribution is -2.45. The van der Waals surface area contributed by atoms with Gasteiger partial charge in [0.1, 0.15) is 6.04 Å². The van der Waals surface area contributed by atoms with Crippen LogP contribution in [0.5, 0.6) is 0 Å². The molecule has 186 valence electrons. The Morgan fingerprint density at radius 2 is 1.85 bits per heavy atom. The van der Waals surface area contributed by atoms with Crippen molar-refractivity contribution in [1.29, 1.82) is 0 Å². The summed E-state index contributed by atoms with van der Waals surface area (Å²) < 4.78 is 25.1. The van der Waals surface area contributed by atoms with Gasteiger partial charge in [-0.25, -0.2) is 14.4 Å². The molecule has 0 bridgehead atoms. The molecule has 0 aromatic carbocycles. The molecule has 11 nitrogen and oxygen atoms in total. The van der Waals surface area contributed by atoms with Crippen molar-refractivity contribution in [3.05, 3.63) is 22.1 Å². The third-order valence-electron chi connectivity index (χ3n) is 4.87. The highest BCUT2D eigenvalue weighted by Gasteiger charge is 2.25. The second-order valence-electron chi connectivity index (χ2n) is 7.83. The Morgan fingerprint density at radius 3 is 2.48 bits per heavy atom. The van der Waals surface area contributed by atoms with Crippen LogP contribution in [0.2, 0.25) is 0 Å². The number of rotatable bonds is 12. The average Bonchev–Trinajstić information content (AvgIpc) is 3.11. The number of carbonyl (C=O) groups is 3. The molecule has 0 spiro atoms. The standard InChI is InChI=1S/C21H32N2O9S/c1-14(2)18(24)22-16(13-33-21(27)30-12-17-15(3)31-20(26)32-17)19(25)29-9-5-4-6-23-7-10-28-11-8-23/h14,16H,4-13H2,1-3H3,(H,22,24)/t16-/m0/s1. The van der Waals surface area contributed by atoms with Gasteiger partial charge in [-0.15, -0.1) is 0 Å². The average molecular weight is 489 g/mol. The Labute approximate surface area is 196 Å². The summed E-state index contributed by atoms with van der Waals surface area (Å²) >= 11 is 0.715. The van der Waals surface area contributed by atoms with Crippen molar-refractivity contribution in [2.24, 2.45) is 5.92 Å². The Kier molecular flexibility index (Phi) is 11.5. The van der Waals surface area contributed by atoms with Crippen LogP contribution in [0.15, 0.2) is 13.6 Å². The van der Waals surface area contributed by atoms with Gasteiger partial charge in [0, 0.05) is 24.8 Å². The fourth-order valence-corrected chi connectivity index (χ4v) is 3.53. The predicted octanol–water partition coefficient (Wildman–Crippen LogP) is 1.71. The summed E-state index contributed by atoms with van der Waals surface area (Å²) in [5, 5.41) is 1.92. The number of esters is 1. The minimum absolute atomic E-state index is 0.0573. The first-order valence-electron chi connectivity index (χ1n) is 10.9. The lowest BCUT2D eigenvalue weighted by molar-refractivity contribution is -0.147. The highest BCUT2D eigenvalue weighted by atomic mass is 32.2. The number of nitrogens with one attached hydrogen (secondary N) is 1. The number of ether oxygens (including phenoxy) is 3. The van der Waals surface area contributed by atoms with E-state index in [2.05, 4.69) is 10.2 Å². The number of carbonyl (C=O) groups excluding carboxylic acids is 3. The molecule has 1 aromatic rings. The van der Waals surface area contributed by atoms with E-state index in [0.717, 1.165) is 39.3 Å². The van der Waals surface area contributed by atoms with Crippen LogP contribution in [0.3, 0.4) is 0 Å². The van der Waals surface area contributed by atoms with Crippen LogP contribution in [0.1, 0.15) is 38.2 Å². The number of aryl methyl sites for hydroxylation is 1. The van der Waals surface area contributed by atoms with Crippen LogP contribution in [0, 0.1) is 12.8 Å². The lowest BCUT2D eigenvalue weighted by atomic mass is 10.2. The first-order valence-corrected chi connectivity index (χ1v) is 11.9. The number of hydrogen-bond donors (Lipinski definition) is 1. The van der Waals surface area contributed by atoms with Gasteiger partial charge in [0.05, 0.1) is 19.8 Å². The van der Waals surface area contributed by atoms with E-state index in [1.807, 2.05) is 0 Å². The number of hydrogen-bond acceptors (Lipinski definition) is 11. The first kappa shape index (κ1) is 26.9. The second kappa shape index (κ2) is 14.1. The Morgan fingerprint density at radius 1 is 1.12 bits per heavy atom. The van der Waals surface area contributed by atoms with Crippen molar-refractivity contribution in [1.82, 2.24) is 10.2 Å². The highest BCUT2D eigenvalue weighted by Crippen LogP contribution is 2.13. The van der Waals surface area contributed by atoms with E-state index in [4.69, 9.17) is 23.0 Å². The molecule has 2 heterocycles. The van der Waals surface area contributed by atoms with Crippen molar-refractivity contribution in [3.63, 3.8) is 0 Å². The molecular formula is C21H32N2O9S. The fraction of sp³-hybridized carbons (Fsp3) is 0.714. The van der Waals surface area contributed by atoms with Crippen molar-refractivity contribution in [2.75, 3.05) is 45.2 Å². The minimum Gasteiger partial charge on any atom is -0.464 e. The molecule has 0 radical (unpaired) electrons. The van der Waals surface area contributed by atoms with Gasteiger partial charge in [0.15, 0.2) is 18.1 Å². The molecule has 1 fully saturated rings.